The summed E-state index contributed by atoms with van der Waals surface area (Å²) in [6.07, 6.45) is -0.922. The van der Waals surface area contributed by atoms with Crippen LogP contribution in [0.25, 0.3) is 22.0 Å². The summed E-state index contributed by atoms with van der Waals surface area (Å²) in [7, 11) is 1.70. The van der Waals surface area contributed by atoms with Crippen LogP contribution in [0.3, 0.4) is 0 Å². The zero-order valence-corrected chi connectivity index (χ0v) is 16.7. The van der Waals surface area contributed by atoms with E-state index in [2.05, 4.69) is 15.6 Å². The SMILES string of the molecule is CN1C(=O)C(NC(=O)c2cc3cc(O)ccc3[nH]2)Nc2c(-c3ccccc3)cccc21. The van der Waals surface area contributed by atoms with Crippen LogP contribution >= 0.6 is 0 Å². The van der Waals surface area contributed by atoms with Crippen molar-refractivity contribution in [3.8, 4) is 16.9 Å². The smallest absolute Gasteiger partial charge is 0.270 e. The number of amides is 2. The molecule has 154 valence electrons. The topological polar surface area (TPSA) is 97.5 Å². The molecule has 0 spiro atoms. The predicted molar refractivity (Wildman–Crippen MR) is 120 cm³/mol. The first-order valence-corrected chi connectivity index (χ1v) is 9.86. The number of H-pyrrole nitrogens is 1. The van der Waals surface area contributed by atoms with Crippen LogP contribution in [-0.2, 0) is 4.79 Å². The Hall–Kier alpha value is -4.26. The molecule has 0 saturated heterocycles. The lowest BCUT2D eigenvalue weighted by atomic mass is 10.0. The number of benzene rings is 3. The highest BCUT2D eigenvalue weighted by molar-refractivity contribution is 6.09. The Labute approximate surface area is 178 Å². The van der Waals surface area contributed by atoms with Crippen LogP contribution < -0.4 is 15.5 Å². The molecule has 2 heterocycles. The molecular formula is C24H20N4O3. The maximum Gasteiger partial charge on any atom is 0.270 e. The Bertz CT molecular complexity index is 1310. The molecule has 0 aliphatic carbocycles. The predicted octanol–water partition coefficient (Wildman–Crippen LogP) is 3.68. The van der Waals surface area contributed by atoms with Crippen LogP contribution in [0.15, 0.2) is 72.8 Å². The minimum atomic E-state index is -0.922. The maximum atomic E-state index is 12.9. The first-order valence-electron chi connectivity index (χ1n) is 9.86. The van der Waals surface area contributed by atoms with Crippen molar-refractivity contribution >= 4 is 34.1 Å². The summed E-state index contributed by atoms with van der Waals surface area (Å²) in [5.41, 5.74) is 4.51. The highest BCUT2D eigenvalue weighted by atomic mass is 16.3. The molecule has 4 N–H and O–H groups in total. The second-order valence-corrected chi connectivity index (χ2v) is 7.47. The van der Waals surface area contributed by atoms with Gasteiger partial charge in [-0.05, 0) is 35.9 Å². The number of para-hydroxylation sites is 1. The Morgan fingerprint density at radius 1 is 1.03 bits per heavy atom. The molecule has 0 bridgehead atoms. The van der Waals surface area contributed by atoms with Crippen molar-refractivity contribution in [2.45, 2.75) is 6.17 Å². The minimum absolute atomic E-state index is 0.120. The summed E-state index contributed by atoms with van der Waals surface area (Å²) >= 11 is 0. The second-order valence-electron chi connectivity index (χ2n) is 7.47. The van der Waals surface area contributed by atoms with Crippen LogP contribution in [0.1, 0.15) is 10.5 Å². The van der Waals surface area contributed by atoms with Crippen LogP contribution in [0.2, 0.25) is 0 Å². The summed E-state index contributed by atoms with van der Waals surface area (Å²) < 4.78 is 0. The van der Waals surface area contributed by atoms with Gasteiger partial charge in [0.15, 0.2) is 6.17 Å². The lowest BCUT2D eigenvalue weighted by Crippen LogP contribution is -2.54. The monoisotopic (exact) mass is 412 g/mol. The van der Waals surface area contributed by atoms with E-state index < -0.39 is 12.1 Å². The van der Waals surface area contributed by atoms with Gasteiger partial charge in [-0.25, -0.2) is 0 Å². The van der Waals surface area contributed by atoms with Crippen LogP contribution in [0, 0.1) is 0 Å². The number of hydrogen-bond acceptors (Lipinski definition) is 4. The molecule has 3 aromatic carbocycles. The number of fused-ring (bicyclic) bond motifs is 2. The summed E-state index contributed by atoms with van der Waals surface area (Å²) in [5, 5.41) is 16.3. The lowest BCUT2D eigenvalue weighted by Gasteiger charge is -2.34. The number of carbonyl (C=O) groups is 2. The Morgan fingerprint density at radius 3 is 2.65 bits per heavy atom. The van der Waals surface area contributed by atoms with Gasteiger partial charge in [-0.3, -0.25) is 9.59 Å². The molecule has 5 rings (SSSR count). The average Bonchev–Trinajstić information content (AvgIpc) is 3.21. The maximum absolute atomic E-state index is 12.9. The number of aromatic amines is 1. The molecule has 1 atom stereocenters. The van der Waals surface area contributed by atoms with Gasteiger partial charge in [0, 0.05) is 23.5 Å². The molecule has 0 saturated carbocycles. The van der Waals surface area contributed by atoms with E-state index in [4.69, 9.17) is 0 Å². The normalized spacial score (nSPS) is 15.5. The standard InChI is InChI=1S/C24H20N4O3/c1-28-20-9-5-8-17(14-6-3-2-4-7-14)21(20)26-22(24(28)31)27-23(30)19-13-15-12-16(29)10-11-18(15)25-19/h2-13,22,25-26,29H,1H3,(H,27,30). The summed E-state index contributed by atoms with van der Waals surface area (Å²) in [5.74, 6) is -0.565. The number of phenols is 1. The van der Waals surface area contributed by atoms with Crippen molar-refractivity contribution < 1.29 is 14.7 Å². The Balaban J connectivity index is 1.46. The molecule has 7 heteroatoms. The number of nitrogens with one attached hydrogen (secondary N) is 3. The van der Waals surface area contributed by atoms with E-state index in [-0.39, 0.29) is 11.7 Å². The fraction of sp³-hybridized carbons (Fsp3) is 0.0833. The molecule has 1 aromatic heterocycles. The fourth-order valence-corrected chi connectivity index (χ4v) is 3.90. The van der Waals surface area contributed by atoms with Crippen LogP contribution in [0.4, 0.5) is 11.4 Å². The zero-order chi connectivity index (χ0) is 21.5. The summed E-state index contributed by atoms with van der Waals surface area (Å²) in [4.78, 5) is 30.4. The first-order chi connectivity index (χ1) is 15.0. The van der Waals surface area contributed by atoms with Crippen molar-refractivity contribution in [2.24, 2.45) is 0 Å². The van der Waals surface area contributed by atoms with Gasteiger partial charge in [0.1, 0.15) is 11.4 Å². The highest BCUT2D eigenvalue weighted by Gasteiger charge is 2.33. The third-order valence-electron chi connectivity index (χ3n) is 5.48. The van der Waals surface area contributed by atoms with E-state index in [0.29, 0.717) is 11.1 Å². The number of hydrogen-bond donors (Lipinski definition) is 4. The molecule has 1 aliphatic heterocycles. The van der Waals surface area contributed by atoms with E-state index in [9.17, 15) is 14.7 Å². The van der Waals surface area contributed by atoms with Gasteiger partial charge < -0.3 is 25.6 Å². The lowest BCUT2D eigenvalue weighted by molar-refractivity contribution is -0.119. The highest BCUT2D eigenvalue weighted by Crippen LogP contribution is 2.38. The van der Waals surface area contributed by atoms with E-state index in [1.165, 1.54) is 0 Å². The van der Waals surface area contributed by atoms with Gasteiger partial charge in [0.25, 0.3) is 11.8 Å². The van der Waals surface area contributed by atoms with Gasteiger partial charge in [0.05, 0.1) is 11.4 Å². The van der Waals surface area contributed by atoms with Crippen LogP contribution in [-0.4, -0.2) is 35.1 Å². The van der Waals surface area contributed by atoms with Crippen molar-refractivity contribution in [1.29, 1.82) is 0 Å². The molecule has 7 nitrogen and oxygen atoms in total. The first kappa shape index (κ1) is 18.7. The van der Waals surface area contributed by atoms with Crippen molar-refractivity contribution in [1.82, 2.24) is 10.3 Å². The van der Waals surface area contributed by atoms with E-state index in [0.717, 1.165) is 28.0 Å². The van der Waals surface area contributed by atoms with Crippen molar-refractivity contribution in [3.63, 3.8) is 0 Å². The number of aromatic hydroxyl groups is 1. The molecule has 2 amide bonds. The number of likely N-dealkylation sites (N-methyl/N-ethyl adjacent to an activating group) is 1. The fourth-order valence-electron chi connectivity index (χ4n) is 3.90. The van der Waals surface area contributed by atoms with E-state index >= 15 is 0 Å². The van der Waals surface area contributed by atoms with Gasteiger partial charge in [-0.15, -0.1) is 0 Å². The average molecular weight is 412 g/mol. The summed E-state index contributed by atoms with van der Waals surface area (Å²) in [6, 6.07) is 22.1. The Kier molecular flexibility index (Phi) is 4.36. The molecule has 31 heavy (non-hydrogen) atoms. The van der Waals surface area contributed by atoms with Gasteiger partial charge in [0.2, 0.25) is 0 Å². The number of aromatic nitrogens is 1. The number of nitrogens with zero attached hydrogens (tertiary/aromatic N) is 1. The van der Waals surface area contributed by atoms with E-state index in [1.807, 2.05) is 48.5 Å². The number of rotatable bonds is 3. The molecular weight excluding hydrogens is 392 g/mol. The number of anilines is 2. The second kappa shape index (κ2) is 7.21. The van der Waals surface area contributed by atoms with Gasteiger partial charge >= 0.3 is 0 Å². The molecule has 4 aromatic rings. The van der Waals surface area contributed by atoms with Gasteiger partial charge in [-0.1, -0.05) is 42.5 Å². The third-order valence-corrected chi connectivity index (χ3v) is 5.48. The molecule has 1 unspecified atom stereocenters. The molecule has 0 fully saturated rings. The minimum Gasteiger partial charge on any atom is -0.508 e. The number of carbonyl (C=O) groups excluding carboxylic acids is 2. The quantitative estimate of drug-likeness (QED) is 0.413. The zero-order valence-electron chi connectivity index (χ0n) is 16.7. The van der Waals surface area contributed by atoms with Gasteiger partial charge in [-0.2, -0.15) is 0 Å². The third kappa shape index (κ3) is 3.26. The number of phenolic OH excluding ortho intramolecular Hbond substituents is 1. The summed E-state index contributed by atoms with van der Waals surface area (Å²) in [6.45, 7) is 0. The largest absolute Gasteiger partial charge is 0.508 e. The van der Waals surface area contributed by atoms with Crippen LogP contribution in [0.5, 0.6) is 5.75 Å². The van der Waals surface area contributed by atoms with Crippen molar-refractivity contribution in [3.05, 3.63) is 78.5 Å². The molecule has 0 radical (unpaired) electrons. The van der Waals surface area contributed by atoms with Crippen molar-refractivity contribution in [2.75, 3.05) is 17.3 Å². The van der Waals surface area contributed by atoms with E-state index in [1.54, 1.807) is 36.2 Å². The molecule has 1 aliphatic rings. The Morgan fingerprint density at radius 2 is 1.84 bits per heavy atom.